The summed E-state index contributed by atoms with van der Waals surface area (Å²) >= 11 is 5.78. The summed E-state index contributed by atoms with van der Waals surface area (Å²) in [4.78, 5) is 22.3. The smallest absolute Gasteiger partial charge is 0.292 e. The lowest BCUT2D eigenvalue weighted by atomic mass is 10.1. The van der Waals surface area contributed by atoms with E-state index in [0.717, 1.165) is 12.1 Å². The highest BCUT2D eigenvalue weighted by atomic mass is 35.5. The maximum Gasteiger partial charge on any atom is 0.292 e. The van der Waals surface area contributed by atoms with E-state index in [4.69, 9.17) is 11.6 Å². The minimum atomic E-state index is -0.731. The Kier molecular flexibility index (Phi) is 6.00. The Hall–Kier alpha value is -2.58. The zero-order valence-corrected chi connectivity index (χ0v) is 13.8. The first kappa shape index (κ1) is 18.8. The van der Waals surface area contributed by atoms with E-state index in [1.165, 1.54) is 24.3 Å². The number of nitrogens with zero attached hydrogens (tertiary/aromatic N) is 1. The molecule has 0 aromatic heterocycles. The normalized spacial score (nSPS) is 11.8. The molecule has 0 saturated carbocycles. The molecule has 132 valence electrons. The third kappa shape index (κ3) is 4.94. The number of halogens is 3. The van der Waals surface area contributed by atoms with E-state index >= 15 is 0 Å². The first-order chi connectivity index (χ1) is 11.8. The average Bonchev–Trinajstić information content (AvgIpc) is 2.52. The van der Waals surface area contributed by atoms with Crippen LogP contribution in [0.2, 0.25) is 5.02 Å². The topological polar surface area (TPSA) is 84.3 Å². The molecule has 6 nitrogen and oxygen atoms in total. The van der Waals surface area contributed by atoms with Crippen LogP contribution in [0.15, 0.2) is 36.4 Å². The molecule has 9 heteroatoms. The molecular weight excluding hydrogens is 356 g/mol. The maximum atomic E-state index is 13.7. The van der Waals surface area contributed by atoms with Gasteiger partial charge in [-0.2, -0.15) is 0 Å². The van der Waals surface area contributed by atoms with Gasteiger partial charge in [0.05, 0.1) is 11.5 Å². The van der Waals surface area contributed by atoms with Gasteiger partial charge in [-0.25, -0.2) is 8.78 Å². The number of hydrogen-bond donors (Lipinski definition) is 2. The van der Waals surface area contributed by atoms with Crippen molar-refractivity contribution in [3.05, 3.63) is 68.7 Å². The van der Waals surface area contributed by atoms with Gasteiger partial charge in [-0.05, 0) is 25.1 Å². The molecule has 0 radical (unpaired) electrons. The molecule has 0 bridgehead atoms. The molecule has 0 saturated heterocycles. The molecule has 0 aliphatic heterocycles. The van der Waals surface area contributed by atoms with Crippen molar-refractivity contribution in [2.75, 3.05) is 11.9 Å². The summed E-state index contributed by atoms with van der Waals surface area (Å²) in [6, 6.07) is 6.37. The first-order valence-electron chi connectivity index (χ1n) is 7.20. The van der Waals surface area contributed by atoms with Crippen LogP contribution in [0.3, 0.4) is 0 Å². The number of benzene rings is 2. The van der Waals surface area contributed by atoms with Crippen molar-refractivity contribution < 1.29 is 18.5 Å². The van der Waals surface area contributed by atoms with E-state index in [1.807, 2.05) is 0 Å². The monoisotopic (exact) mass is 369 g/mol. The van der Waals surface area contributed by atoms with E-state index in [-0.39, 0.29) is 28.5 Å². The number of nitrogens with one attached hydrogen (secondary N) is 2. The zero-order chi connectivity index (χ0) is 18.6. The van der Waals surface area contributed by atoms with E-state index in [9.17, 15) is 23.7 Å². The van der Waals surface area contributed by atoms with Crippen LogP contribution in [0, 0.1) is 21.7 Å². The Morgan fingerprint density at radius 1 is 1.28 bits per heavy atom. The van der Waals surface area contributed by atoms with Gasteiger partial charge in [0.25, 0.3) is 5.69 Å². The molecule has 1 amide bonds. The molecule has 0 fully saturated rings. The van der Waals surface area contributed by atoms with Crippen LogP contribution in [0.25, 0.3) is 0 Å². The summed E-state index contributed by atoms with van der Waals surface area (Å²) in [5.41, 5.74) is -0.136. The Morgan fingerprint density at radius 2 is 2.00 bits per heavy atom. The van der Waals surface area contributed by atoms with Gasteiger partial charge < -0.3 is 10.6 Å². The minimum absolute atomic E-state index is 0.0371. The van der Waals surface area contributed by atoms with Crippen molar-refractivity contribution >= 4 is 28.9 Å². The number of amides is 1. The SMILES string of the molecule is C[C@H](NCC(=O)Nc1cc(Cl)ccc1[N+](=O)[O-])c1ccc(F)cc1F. The van der Waals surface area contributed by atoms with Gasteiger partial charge in [-0.3, -0.25) is 14.9 Å². The van der Waals surface area contributed by atoms with Crippen molar-refractivity contribution in [3.8, 4) is 0 Å². The molecule has 2 rings (SSSR count). The highest BCUT2D eigenvalue weighted by molar-refractivity contribution is 6.31. The molecular formula is C16H14ClF2N3O3. The summed E-state index contributed by atoms with van der Waals surface area (Å²) in [5, 5.41) is 16.3. The lowest BCUT2D eigenvalue weighted by molar-refractivity contribution is -0.383. The number of nitro groups is 1. The molecule has 0 spiro atoms. The first-order valence-corrected chi connectivity index (χ1v) is 7.58. The average molecular weight is 370 g/mol. The summed E-state index contributed by atoms with van der Waals surface area (Å²) in [5.74, 6) is -2.00. The van der Waals surface area contributed by atoms with E-state index in [1.54, 1.807) is 6.92 Å². The fourth-order valence-corrected chi connectivity index (χ4v) is 2.34. The zero-order valence-electron chi connectivity index (χ0n) is 13.1. The number of hydrogen-bond acceptors (Lipinski definition) is 4. The second-order valence-corrected chi connectivity index (χ2v) is 5.67. The standard InChI is InChI=1S/C16H14ClF2N3O3/c1-9(12-4-3-11(18)7-13(12)19)20-8-16(23)21-14-6-10(17)2-5-15(14)22(24)25/h2-7,9,20H,8H2,1H3,(H,21,23)/t9-/m0/s1. The molecule has 0 aliphatic rings. The summed E-state index contributed by atoms with van der Waals surface area (Å²) in [6.45, 7) is 1.37. The van der Waals surface area contributed by atoms with Gasteiger partial charge in [0.1, 0.15) is 17.3 Å². The second-order valence-electron chi connectivity index (χ2n) is 5.24. The van der Waals surface area contributed by atoms with E-state index < -0.39 is 28.5 Å². The highest BCUT2D eigenvalue weighted by Crippen LogP contribution is 2.27. The second kappa shape index (κ2) is 8.00. The number of carbonyl (C=O) groups excluding carboxylic acids is 1. The molecule has 1 atom stereocenters. The minimum Gasteiger partial charge on any atom is -0.319 e. The fraction of sp³-hybridized carbons (Fsp3) is 0.188. The van der Waals surface area contributed by atoms with Crippen molar-refractivity contribution in [2.45, 2.75) is 13.0 Å². The third-order valence-electron chi connectivity index (χ3n) is 3.43. The molecule has 25 heavy (non-hydrogen) atoms. The van der Waals surface area contributed by atoms with Crippen molar-refractivity contribution in [1.82, 2.24) is 5.32 Å². The molecule has 2 aromatic carbocycles. The molecule has 0 heterocycles. The molecule has 0 aliphatic carbocycles. The van der Waals surface area contributed by atoms with Crippen LogP contribution in [0.1, 0.15) is 18.5 Å². The van der Waals surface area contributed by atoms with Gasteiger partial charge >= 0.3 is 0 Å². The van der Waals surface area contributed by atoms with Crippen LogP contribution < -0.4 is 10.6 Å². The van der Waals surface area contributed by atoms with Gasteiger partial charge in [-0.1, -0.05) is 17.7 Å². The lowest BCUT2D eigenvalue weighted by Crippen LogP contribution is -2.30. The summed E-state index contributed by atoms with van der Waals surface area (Å²) < 4.78 is 26.6. The predicted molar refractivity (Wildman–Crippen MR) is 89.5 cm³/mol. The Morgan fingerprint density at radius 3 is 2.64 bits per heavy atom. The van der Waals surface area contributed by atoms with Gasteiger partial charge in [0.2, 0.25) is 5.91 Å². The van der Waals surface area contributed by atoms with E-state index in [0.29, 0.717) is 0 Å². The largest absolute Gasteiger partial charge is 0.319 e. The molecule has 0 unspecified atom stereocenters. The lowest BCUT2D eigenvalue weighted by Gasteiger charge is -2.15. The van der Waals surface area contributed by atoms with E-state index in [2.05, 4.69) is 10.6 Å². The Labute approximate surface area is 146 Å². The fourth-order valence-electron chi connectivity index (χ4n) is 2.17. The molecule has 2 N–H and O–H groups in total. The number of anilines is 1. The number of nitro benzene ring substituents is 1. The highest BCUT2D eigenvalue weighted by Gasteiger charge is 2.17. The van der Waals surface area contributed by atoms with Gasteiger partial charge in [0.15, 0.2) is 0 Å². The number of carbonyl (C=O) groups is 1. The van der Waals surface area contributed by atoms with Crippen LogP contribution >= 0.6 is 11.6 Å². The third-order valence-corrected chi connectivity index (χ3v) is 3.66. The molecule has 2 aromatic rings. The van der Waals surface area contributed by atoms with Crippen LogP contribution in [0.4, 0.5) is 20.2 Å². The van der Waals surface area contributed by atoms with Crippen LogP contribution in [0.5, 0.6) is 0 Å². The van der Waals surface area contributed by atoms with Gasteiger partial charge in [0, 0.05) is 28.8 Å². The Balaban J connectivity index is 2.01. The van der Waals surface area contributed by atoms with Crippen LogP contribution in [-0.4, -0.2) is 17.4 Å². The summed E-state index contributed by atoms with van der Waals surface area (Å²) in [6.07, 6.45) is 0. The van der Waals surface area contributed by atoms with Crippen LogP contribution in [-0.2, 0) is 4.79 Å². The van der Waals surface area contributed by atoms with Gasteiger partial charge in [-0.15, -0.1) is 0 Å². The maximum absolute atomic E-state index is 13.7. The number of rotatable bonds is 6. The van der Waals surface area contributed by atoms with Crippen molar-refractivity contribution in [2.24, 2.45) is 0 Å². The summed E-state index contributed by atoms with van der Waals surface area (Å²) in [7, 11) is 0. The van der Waals surface area contributed by atoms with Crippen molar-refractivity contribution in [3.63, 3.8) is 0 Å². The Bertz CT molecular complexity index is 817. The predicted octanol–water partition coefficient (Wildman–Crippen LogP) is 3.82. The quantitative estimate of drug-likeness (QED) is 0.599. The van der Waals surface area contributed by atoms with Crippen molar-refractivity contribution in [1.29, 1.82) is 0 Å².